The number of hydrogen-bond donors (Lipinski definition) is 0. The Kier molecular flexibility index (Phi) is 3.75. The summed E-state index contributed by atoms with van der Waals surface area (Å²) < 4.78 is 0. The molecule has 0 unspecified atom stereocenters. The zero-order valence-corrected chi connectivity index (χ0v) is 11.9. The second kappa shape index (κ2) is 5.68. The number of hydrogen-bond acceptors (Lipinski definition) is 1. The van der Waals surface area contributed by atoms with Crippen LogP contribution in [0.2, 0.25) is 5.02 Å². The SMILES string of the molecule is O=C(CCc1ccc(Cl)cc1)N1CCc2ccccc21. The van der Waals surface area contributed by atoms with Crippen LogP contribution in [0.3, 0.4) is 0 Å². The molecule has 1 aliphatic heterocycles. The maximum atomic E-state index is 12.3. The number of benzene rings is 2. The molecule has 0 radical (unpaired) electrons. The fourth-order valence-electron chi connectivity index (χ4n) is 2.63. The molecule has 0 saturated carbocycles. The minimum Gasteiger partial charge on any atom is -0.312 e. The normalized spacial score (nSPS) is 13.3. The summed E-state index contributed by atoms with van der Waals surface area (Å²) in [6, 6.07) is 15.8. The van der Waals surface area contributed by atoms with Gasteiger partial charge in [0.1, 0.15) is 0 Å². The van der Waals surface area contributed by atoms with Crippen molar-refractivity contribution >= 4 is 23.2 Å². The standard InChI is InChI=1S/C17H16ClNO/c18-15-8-5-13(6-9-15)7-10-17(20)19-12-11-14-3-1-2-4-16(14)19/h1-6,8-9H,7,10-12H2. The van der Waals surface area contributed by atoms with Gasteiger partial charge in [0.15, 0.2) is 0 Å². The lowest BCUT2D eigenvalue weighted by Crippen LogP contribution is -2.28. The van der Waals surface area contributed by atoms with Gasteiger partial charge in [-0.3, -0.25) is 4.79 Å². The molecule has 102 valence electrons. The number of para-hydroxylation sites is 1. The molecule has 0 saturated heterocycles. The summed E-state index contributed by atoms with van der Waals surface area (Å²) in [6.45, 7) is 0.804. The van der Waals surface area contributed by atoms with Gasteiger partial charge in [0.2, 0.25) is 5.91 Å². The van der Waals surface area contributed by atoms with Crippen LogP contribution in [0, 0.1) is 0 Å². The van der Waals surface area contributed by atoms with Crippen LogP contribution in [0.5, 0.6) is 0 Å². The first-order chi connectivity index (χ1) is 9.74. The summed E-state index contributed by atoms with van der Waals surface area (Å²) >= 11 is 5.86. The molecule has 0 spiro atoms. The van der Waals surface area contributed by atoms with E-state index in [1.807, 2.05) is 47.4 Å². The second-order valence-corrected chi connectivity index (χ2v) is 5.49. The van der Waals surface area contributed by atoms with Gasteiger partial charge in [0.05, 0.1) is 0 Å². The van der Waals surface area contributed by atoms with Crippen LogP contribution in [-0.2, 0) is 17.6 Å². The molecule has 1 amide bonds. The molecule has 2 aromatic carbocycles. The third kappa shape index (κ3) is 2.70. The fraction of sp³-hybridized carbons (Fsp3) is 0.235. The van der Waals surface area contributed by atoms with Crippen molar-refractivity contribution in [1.29, 1.82) is 0 Å². The number of rotatable bonds is 3. The van der Waals surface area contributed by atoms with Crippen molar-refractivity contribution in [2.45, 2.75) is 19.3 Å². The molecule has 2 aromatic rings. The van der Waals surface area contributed by atoms with E-state index < -0.39 is 0 Å². The van der Waals surface area contributed by atoms with Gasteiger partial charge < -0.3 is 4.90 Å². The Morgan fingerprint density at radius 3 is 2.65 bits per heavy atom. The van der Waals surface area contributed by atoms with Crippen LogP contribution in [0.4, 0.5) is 5.69 Å². The Bertz CT molecular complexity index is 621. The number of nitrogens with zero attached hydrogens (tertiary/aromatic N) is 1. The molecular weight excluding hydrogens is 270 g/mol. The highest BCUT2D eigenvalue weighted by atomic mass is 35.5. The highest BCUT2D eigenvalue weighted by Gasteiger charge is 2.23. The van der Waals surface area contributed by atoms with Crippen LogP contribution >= 0.6 is 11.6 Å². The Labute approximate surface area is 124 Å². The minimum absolute atomic E-state index is 0.199. The molecule has 3 heteroatoms. The van der Waals surface area contributed by atoms with E-state index in [2.05, 4.69) is 6.07 Å². The van der Waals surface area contributed by atoms with E-state index in [9.17, 15) is 4.79 Å². The average molecular weight is 286 g/mol. The number of anilines is 1. The Hall–Kier alpha value is -1.80. The lowest BCUT2D eigenvalue weighted by atomic mass is 10.1. The summed E-state index contributed by atoms with van der Waals surface area (Å²) in [6.07, 6.45) is 2.26. The molecule has 0 aromatic heterocycles. The van der Waals surface area contributed by atoms with E-state index in [1.54, 1.807) is 0 Å². The van der Waals surface area contributed by atoms with E-state index in [1.165, 1.54) is 5.56 Å². The van der Waals surface area contributed by atoms with Gasteiger partial charge in [0.25, 0.3) is 0 Å². The summed E-state index contributed by atoms with van der Waals surface area (Å²) in [5.74, 6) is 0.199. The maximum absolute atomic E-state index is 12.3. The van der Waals surface area contributed by atoms with E-state index in [-0.39, 0.29) is 5.91 Å². The molecule has 2 nitrogen and oxygen atoms in total. The topological polar surface area (TPSA) is 20.3 Å². The molecular formula is C17H16ClNO. The third-order valence-corrected chi connectivity index (χ3v) is 3.98. The number of aryl methyl sites for hydroxylation is 1. The first-order valence-electron chi connectivity index (χ1n) is 6.87. The lowest BCUT2D eigenvalue weighted by molar-refractivity contribution is -0.118. The molecule has 0 N–H and O–H groups in total. The van der Waals surface area contributed by atoms with E-state index >= 15 is 0 Å². The minimum atomic E-state index is 0.199. The second-order valence-electron chi connectivity index (χ2n) is 5.05. The largest absolute Gasteiger partial charge is 0.312 e. The maximum Gasteiger partial charge on any atom is 0.227 e. The molecule has 1 aliphatic rings. The van der Waals surface area contributed by atoms with Gasteiger partial charge in [-0.05, 0) is 42.2 Å². The Morgan fingerprint density at radius 2 is 1.85 bits per heavy atom. The Balaban J connectivity index is 1.65. The van der Waals surface area contributed by atoms with Crippen LogP contribution < -0.4 is 4.90 Å². The predicted octanol–water partition coefficient (Wildman–Crippen LogP) is 3.86. The zero-order valence-electron chi connectivity index (χ0n) is 11.2. The molecule has 1 heterocycles. The average Bonchev–Trinajstić information content (AvgIpc) is 2.90. The van der Waals surface area contributed by atoms with Gasteiger partial charge in [-0.1, -0.05) is 41.9 Å². The predicted molar refractivity (Wildman–Crippen MR) is 82.3 cm³/mol. The van der Waals surface area contributed by atoms with E-state index in [4.69, 9.17) is 11.6 Å². The van der Waals surface area contributed by atoms with Gasteiger partial charge in [-0.2, -0.15) is 0 Å². The monoisotopic (exact) mass is 285 g/mol. The third-order valence-electron chi connectivity index (χ3n) is 3.73. The molecule has 0 fully saturated rings. The summed E-state index contributed by atoms with van der Waals surface area (Å²) in [4.78, 5) is 14.3. The van der Waals surface area contributed by atoms with Crippen molar-refractivity contribution in [3.05, 3.63) is 64.7 Å². The number of fused-ring (bicyclic) bond motifs is 1. The molecule has 0 aliphatic carbocycles. The number of carbonyl (C=O) groups excluding carboxylic acids is 1. The smallest absolute Gasteiger partial charge is 0.227 e. The zero-order chi connectivity index (χ0) is 13.9. The highest BCUT2D eigenvalue weighted by molar-refractivity contribution is 6.30. The van der Waals surface area contributed by atoms with Gasteiger partial charge in [-0.15, -0.1) is 0 Å². The lowest BCUT2D eigenvalue weighted by Gasteiger charge is -2.17. The Morgan fingerprint density at radius 1 is 1.10 bits per heavy atom. The number of halogens is 1. The van der Waals surface area contributed by atoms with E-state index in [0.29, 0.717) is 6.42 Å². The van der Waals surface area contributed by atoms with E-state index in [0.717, 1.165) is 35.7 Å². The number of carbonyl (C=O) groups is 1. The van der Waals surface area contributed by atoms with Crippen molar-refractivity contribution in [1.82, 2.24) is 0 Å². The first-order valence-corrected chi connectivity index (χ1v) is 7.24. The quantitative estimate of drug-likeness (QED) is 0.838. The number of amides is 1. The van der Waals surface area contributed by atoms with Gasteiger partial charge in [-0.25, -0.2) is 0 Å². The van der Waals surface area contributed by atoms with Crippen molar-refractivity contribution in [3.63, 3.8) is 0 Å². The summed E-state index contributed by atoms with van der Waals surface area (Å²) in [5.41, 5.74) is 3.50. The van der Waals surface area contributed by atoms with Gasteiger partial charge >= 0.3 is 0 Å². The van der Waals surface area contributed by atoms with Crippen molar-refractivity contribution in [3.8, 4) is 0 Å². The molecule has 3 rings (SSSR count). The van der Waals surface area contributed by atoms with Crippen molar-refractivity contribution in [2.75, 3.05) is 11.4 Å². The highest BCUT2D eigenvalue weighted by Crippen LogP contribution is 2.28. The summed E-state index contributed by atoms with van der Waals surface area (Å²) in [7, 11) is 0. The summed E-state index contributed by atoms with van der Waals surface area (Å²) in [5, 5.41) is 0.730. The van der Waals surface area contributed by atoms with Crippen LogP contribution in [-0.4, -0.2) is 12.5 Å². The van der Waals surface area contributed by atoms with Crippen LogP contribution in [0.15, 0.2) is 48.5 Å². The fourth-order valence-corrected chi connectivity index (χ4v) is 2.76. The molecule has 20 heavy (non-hydrogen) atoms. The van der Waals surface area contributed by atoms with Gasteiger partial charge in [0, 0.05) is 23.7 Å². The van der Waals surface area contributed by atoms with Crippen LogP contribution in [0.25, 0.3) is 0 Å². The molecule has 0 bridgehead atoms. The van der Waals surface area contributed by atoms with Crippen molar-refractivity contribution in [2.24, 2.45) is 0 Å². The van der Waals surface area contributed by atoms with Crippen molar-refractivity contribution < 1.29 is 4.79 Å². The molecule has 0 atom stereocenters. The first kappa shape index (κ1) is 13.2. The van der Waals surface area contributed by atoms with Crippen LogP contribution in [0.1, 0.15) is 17.5 Å².